The summed E-state index contributed by atoms with van der Waals surface area (Å²) in [7, 11) is 0. The molecule has 0 bridgehead atoms. The second-order valence-corrected chi connectivity index (χ2v) is 5.49. The number of rotatable bonds is 5. The topological polar surface area (TPSA) is 50.0 Å². The van der Waals surface area contributed by atoms with E-state index in [1.807, 2.05) is 67.6 Å². The molecule has 0 radical (unpaired) electrons. The zero-order valence-corrected chi connectivity index (χ0v) is 13.1. The lowest BCUT2D eigenvalue weighted by molar-refractivity contribution is -0.279. The molecule has 0 amide bonds. The summed E-state index contributed by atoms with van der Waals surface area (Å²) >= 11 is 0. The van der Waals surface area contributed by atoms with Gasteiger partial charge in [-0.05, 0) is 43.0 Å². The lowest BCUT2D eigenvalue weighted by Gasteiger charge is -2.18. The van der Waals surface area contributed by atoms with Crippen LogP contribution < -0.4 is 10.7 Å². The van der Waals surface area contributed by atoms with Gasteiger partial charge in [0.1, 0.15) is 0 Å². The van der Waals surface area contributed by atoms with Gasteiger partial charge in [-0.3, -0.25) is 9.48 Å². The fourth-order valence-electron chi connectivity index (χ4n) is 2.70. The summed E-state index contributed by atoms with van der Waals surface area (Å²) < 4.78 is 2.95. The summed E-state index contributed by atoms with van der Waals surface area (Å²) in [5.41, 5.74) is 1.53. The van der Waals surface area contributed by atoms with Gasteiger partial charge in [0, 0.05) is 5.56 Å². The molecule has 1 aromatic heterocycles. The van der Waals surface area contributed by atoms with Crippen molar-refractivity contribution in [3.8, 4) is 17.3 Å². The minimum absolute atomic E-state index is 0.224. The highest BCUT2D eigenvalue weighted by molar-refractivity contribution is 5.42. The average Bonchev–Trinajstić information content (AvgIpc) is 2.85. The van der Waals surface area contributed by atoms with Crippen LogP contribution in [0.2, 0.25) is 0 Å². The number of benzene rings is 2. The van der Waals surface area contributed by atoms with E-state index in [4.69, 9.17) is 0 Å². The number of unbranched alkanes of at least 4 members (excludes halogenated alkanes) is 1. The third kappa shape index (κ3) is 2.80. The second kappa shape index (κ2) is 6.57. The summed E-state index contributed by atoms with van der Waals surface area (Å²) in [6.07, 6.45) is 2.29. The van der Waals surface area contributed by atoms with Gasteiger partial charge in [0.05, 0.1) is 11.4 Å². The van der Waals surface area contributed by atoms with Crippen molar-refractivity contribution in [2.75, 3.05) is 0 Å². The van der Waals surface area contributed by atoms with Gasteiger partial charge < -0.3 is 5.11 Å². The van der Waals surface area contributed by atoms with Crippen LogP contribution in [0.25, 0.3) is 11.4 Å². The van der Waals surface area contributed by atoms with E-state index in [0.717, 1.165) is 12.8 Å². The van der Waals surface area contributed by atoms with Crippen molar-refractivity contribution in [1.29, 1.82) is 0 Å². The molecule has 0 aliphatic carbocycles. The molecular formula is C19H19N2O2-. The third-order valence-electron chi connectivity index (χ3n) is 3.88. The Morgan fingerprint density at radius 1 is 0.870 bits per heavy atom. The molecule has 0 saturated carbocycles. The van der Waals surface area contributed by atoms with E-state index < -0.39 is 0 Å². The van der Waals surface area contributed by atoms with Gasteiger partial charge in [0.15, 0.2) is 0 Å². The zero-order valence-electron chi connectivity index (χ0n) is 13.1. The van der Waals surface area contributed by atoms with Crippen LogP contribution >= 0.6 is 0 Å². The van der Waals surface area contributed by atoms with Crippen LogP contribution in [0.5, 0.6) is 5.88 Å². The van der Waals surface area contributed by atoms with Gasteiger partial charge in [-0.2, -0.15) is 0 Å². The van der Waals surface area contributed by atoms with Crippen molar-refractivity contribution in [2.24, 2.45) is 0 Å². The molecule has 0 N–H and O–H groups in total. The van der Waals surface area contributed by atoms with Crippen molar-refractivity contribution in [3.05, 3.63) is 76.6 Å². The van der Waals surface area contributed by atoms with Crippen molar-refractivity contribution in [2.45, 2.75) is 26.2 Å². The molecule has 4 heteroatoms. The minimum atomic E-state index is -0.224. The molecule has 0 unspecified atom stereocenters. The highest BCUT2D eigenvalue weighted by Crippen LogP contribution is 2.22. The number of hydrogen-bond donors (Lipinski definition) is 0. The van der Waals surface area contributed by atoms with Crippen LogP contribution in [0.15, 0.2) is 65.5 Å². The predicted octanol–water partition coefficient (Wildman–Crippen LogP) is 3.04. The van der Waals surface area contributed by atoms with Gasteiger partial charge in [-0.1, -0.05) is 49.7 Å². The number of hydrogen-bond acceptors (Lipinski definition) is 2. The van der Waals surface area contributed by atoms with E-state index in [1.54, 1.807) is 0 Å². The predicted molar refractivity (Wildman–Crippen MR) is 89.4 cm³/mol. The average molecular weight is 307 g/mol. The lowest BCUT2D eigenvalue weighted by atomic mass is 10.1. The smallest absolute Gasteiger partial charge is 0.274 e. The van der Waals surface area contributed by atoms with E-state index in [2.05, 4.69) is 0 Å². The van der Waals surface area contributed by atoms with Crippen LogP contribution in [0.4, 0.5) is 0 Å². The molecule has 0 aliphatic rings. The van der Waals surface area contributed by atoms with Crippen molar-refractivity contribution < 1.29 is 5.11 Å². The quantitative estimate of drug-likeness (QED) is 0.727. The molecule has 1 heterocycles. The maximum absolute atomic E-state index is 12.8. The van der Waals surface area contributed by atoms with Gasteiger partial charge in [-0.25, -0.2) is 4.68 Å². The number of para-hydroxylation sites is 2. The standard InChI is InChI=1S/C19H20N2O2/c1-2-3-14-17-18(22)20(15-10-6-4-7-11-15)21(19(17)23)16-12-8-5-9-13-16/h4-13,22H,2-3,14H2,1H3/p-1. The Balaban J connectivity index is 2.26. The van der Waals surface area contributed by atoms with Crippen LogP contribution in [0.1, 0.15) is 25.3 Å². The highest BCUT2D eigenvalue weighted by atomic mass is 16.3. The Morgan fingerprint density at radius 2 is 1.39 bits per heavy atom. The first kappa shape index (κ1) is 15.2. The van der Waals surface area contributed by atoms with Crippen molar-refractivity contribution >= 4 is 0 Å². The Labute approximate surface area is 135 Å². The SMILES string of the molecule is CCCCc1c([O-])n(-c2ccccc2)n(-c2ccccc2)c1=O. The lowest BCUT2D eigenvalue weighted by Crippen LogP contribution is -2.21. The van der Waals surface area contributed by atoms with Gasteiger partial charge in [-0.15, -0.1) is 0 Å². The zero-order chi connectivity index (χ0) is 16.2. The third-order valence-corrected chi connectivity index (χ3v) is 3.88. The van der Waals surface area contributed by atoms with Gasteiger partial charge >= 0.3 is 0 Å². The van der Waals surface area contributed by atoms with E-state index in [1.165, 1.54) is 9.36 Å². The largest absolute Gasteiger partial charge is 0.858 e. The van der Waals surface area contributed by atoms with Crippen LogP contribution in [-0.2, 0) is 6.42 Å². The maximum atomic E-state index is 12.8. The molecule has 118 valence electrons. The van der Waals surface area contributed by atoms with Gasteiger partial charge in [0.25, 0.3) is 5.56 Å². The highest BCUT2D eigenvalue weighted by Gasteiger charge is 2.16. The molecule has 23 heavy (non-hydrogen) atoms. The monoisotopic (exact) mass is 307 g/mol. The number of nitrogens with zero attached hydrogens (tertiary/aromatic N) is 2. The molecule has 2 aromatic carbocycles. The molecular weight excluding hydrogens is 288 g/mol. The summed E-state index contributed by atoms with van der Waals surface area (Å²) in [4.78, 5) is 12.8. The molecule has 3 aromatic rings. The Bertz CT molecular complexity index is 833. The first-order valence-corrected chi connectivity index (χ1v) is 7.88. The molecule has 4 nitrogen and oxygen atoms in total. The molecule has 0 fully saturated rings. The summed E-state index contributed by atoms with van der Waals surface area (Å²) in [6.45, 7) is 2.05. The molecule has 3 rings (SSSR count). The Morgan fingerprint density at radius 3 is 1.91 bits per heavy atom. The van der Waals surface area contributed by atoms with Crippen LogP contribution in [0.3, 0.4) is 0 Å². The first-order valence-electron chi connectivity index (χ1n) is 7.88. The number of aromatic nitrogens is 2. The van der Waals surface area contributed by atoms with E-state index in [0.29, 0.717) is 23.4 Å². The first-order chi connectivity index (χ1) is 11.2. The molecule has 0 spiro atoms. The summed E-state index contributed by atoms with van der Waals surface area (Å²) in [5, 5.41) is 12.8. The van der Waals surface area contributed by atoms with Crippen LogP contribution in [0, 0.1) is 0 Å². The van der Waals surface area contributed by atoms with Crippen molar-refractivity contribution in [3.63, 3.8) is 0 Å². The van der Waals surface area contributed by atoms with Gasteiger partial charge in [0.2, 0.25) is 0 Å². The normalized spacial score (nSPS) is 10.8. The van der Waals surface area contributed by atoms with E-state index >= 15 is 0 Å². The molecule has 0 saturated heterocycles. The Hall–Kier alpha value is -2.75. The molecule has 0 atom stereocenters. The second-order valence-electron chi connectivity index (χ2n) is 5.49. The maximum Gasteiger partial charge on any atom is 0.274 e. The fraction of sp³-hybridized carbons (Fsp3) is 0.211. The van der Waals surface area contributed by atoms with E-state index in [9.17, 15) is 9.90 Å². The summed E-state index contributed by atoms with van der Waals surface area (Å²) in [5.74, 6) is -0.224. The molecule has 0 aliphatic heterocycles. The fourth-order valence-corrected chi connectivity index (χ4v) is 2.70. The van der Waals surface area contributed by atoms with E-state index in [-0.39, 0.29) is 11.4 Å². The van der Waals surface area contributed by atoms with Crippen LogP contribution in [-0.4, -0.2) is 9.36 Å². The Kier molecular flexibility index (Phi) is 4.33. The summed E-state index contributed by atoms with van der Waals surface area (Å²) in [6, 6.07) is 18.6. The minimum Gasteiger partial charge on any atom is -0.858 e. The van der Waals surface area contributed by atoms with Crippen molar-refractivity contribution in [1.82, 2.24) is 9.36 Å².